The minimum absolute atomic E-state index is 0.177. The summed E-state index contributed by atoms with van der Waals surface area (Å²) in [4.78, 5) is 43.2. The summed E-state index contributed by atoms with van der Waals surface area (Å²) in [6.45, 7) is 0. The number of carbonyl (C=O) groups is 1. The minimum atomic E-state index is -0.576. The highest BCUT2D eigenvalue weighted by atomic mass is 16.2. The summed E-state index contributed by atoms with van der Waals surface area (Å²) in [7, 11) is 1.51. The molecule has 4 rings (SSSR count). The second kappa shape index (κ2) is 7.55. The lowest BCUT2D eigenvalue weighted by Gasteiger charge is -2.20. The van der Waals surface area contributed by atoms with Gasteiger partial charge in [-0.15, -0.1) is 0 Å². The molecule has 0 saturated carbocycles. The molecule has 0 spiro atoms. The molecule has 4 aromatic rings. The molecule has 2 heterocycles. The molecule has 0 saturated heterocycles. The SMILES string of the molecule is Cn1c(=O)[nH]c(=O)c2cc(C(=O)NC(c3ccccc3)c3ccccc3)cnc21. The molecule has 0 aliphatic rings. The van der Waals surface area contributed by atoms with E-state index in [2.05, 4.69) is 15.3 Å². The largest absolute Gasteiger partial charge is 0.341 e. The van der Waals surface area contributed by atoms with Crippen LogP contribution < -0.4 is 16.6 Å². The topological polar surface area (TPSA) is 96.9 Å². The molecule has 2 aromatic carbocycles. The number of amides is 1. The molecule has 144 valence electrons. The van der Waals surface area contributed by atoms with Gasteiger partial charge in [-0.1, -0.05) is 60.7 Å². The monoisotopic (exact) mass is 386 g/mol. The summed E-state index contributed by atoms with van der Waals surface area (Å²) >= 11 is 0. The van der Waals surface area contributed by atoms with Crippen LogP contribution in [0, 0.1) is 0 Å². The average Bonchev–Trinajstić information content (AvgIpc) is 2.76. The molecule has 2 N–H and O–H groups in total. The molecule has 0 bridgehead atoms. The second-order valence-corrected chi connectivity index (χ2v) is 6.64. The predicted octanol–water partition coefficient (Wildman–Crippen LogP) is 2.14. The van der Waals surface area contributed by atoms with Gasteiger partial charge in [0, 0.05) is 13.2 Å². The third-order valence-electron chi connectivity index (χ3n) is 4.76. The van der Waals surface area contributed by atoms with E-state index in [1.807, 2.05) is 60.7 Å². The third-order valence-corrected chi connectivity index (χ3v) is 4.76. The Balaban J connectivity index is 1.73. The molecule has 29 heavy (non-hydrogen) atoms. The number of aromatic amines is 1. The fourth-order valence-corrected chi connectivity index (χ4v) is 3.23. The molecule has 2 aromatic heterocycles. The third kappa shape index (κ3) is 3.58. The maximum Gasteiger partial charge on any atom is 0.329 e. The molecular weight excluding hydrogens is 368 g/mol. The molecule has 7 nitrogen and oxygen atoms in total. The van der Waals surface area contributed by atoms with Crippen molar-refractivity contribution in [1.82, 2.24) is 19.9 Å². The quantitative estimate of drug-likeness (QED) is 0.562. The van der Waals surface area contributed by atoms with Crippen LogP contribution in [0.3, 0.4) is 0 Å². The Kier molecular flexibility index (Phi) is 4.78. The lowest BCUT2D eigenvalue weighted by molar-refractivity contribution is 0.0942. The van der Waals surface area contributed by atoms with Gasteiger partial charge in [0.05, 0.1) is 17.0 Å². The van der Waals surface area contributed by atoms with E-state index >= 15 is 0 Å². The molecule has 7 heteroatoms. The summed E-state index contributed by atoms with van der Waals surface area (Å²) < 4.78 is 1.23. The molecular formula is C22H18N4O3. The first-order chi connectivity index (χ1) is 14.0. The van der Waals surface area contributed by atoms with E-state index in [9.17, 15) is 14.4 Å². The zero-order chi connectivity index (χ0) is 20.4. The first-order valence-corrected chi connectivity index (χ1v) is 9.04. The van der Waals surface area contributed by atoms with Crippen LogP contribution in [0.25, 0.3) is 11.0 Å². The minimum Gasteiger partial charge on any atom is -0.341 e. The van der Waals surface area contributed by atoms with Crippen molar-refractivity contribution in [3.8, 4) is 0 Å². The zero-order valence-electron chi connectivity index (χ0n) is 15.6. The van der Waals surface area contributed by atoms with Gasteiger partial charge in [-0.3, -0.25) is 19.1 Å². The van der Waals surface area contributed by atoms with Gasteiger partial charge in [0.25, 0.3) is 11.5 Å². The van der Waals surface area contributed by atoms with Gasteiger partial charge in [0.15, 0.2) is 0 Å². The van der Waals surface area contributed by atoms with Crippen LogP contribution in [-0.2, 0) is 7.05 Å². The Hall–Kier alpha value is -4.00. The fourth-order valence-electron chi connectivity index (χ4n) is 3.23. The van der Waals surface area contributed by atoms with E-state index in [4.69, 9.17) is 0 Å². The number of carbonyl (C=O) groups excluding carboxylic acids is 1. The number of H-pyrrole nitrogens is 1. The maximum absolute atomic E-state index is 13.0. The molecule has 0 radical (unpaired) electrons. The predicted molar refractivity (Wildman–Crippen MR) is 110 cm³/mol. The standard InChI is InChI=1S/C22H18N4O3/c1-26-19-17(21(28)25-22(26)29)12-16(13-23-19)20(27)24-18(14-8-4-2-5-9-14)15-10-6-3-7-11-15/h2-13,18H,1H3,(H,24,27)(H,25,28,29). The number of hydrogen-bond donors (Lipinski definition) is 2. The van der Waals surface area contributed by atoms with Crippen LogP contribution >= 0.6 is 0 Å². The zero-order valence-corrected chi connectivity index (χ0v) is 15.6. The molecule has 1 amide bonds. The summed E-state index contributed by atoms with van der Waals surface area (Å²) in [5.41, 5.74) is 1.19. The summed E-state index contributed by atoms with van der Waals surface area (Å²) in [5.74, 6) is -0.370. The van der Waals surface area contributed by atoms with Gasteiger partial charge in [0.2, 0.25) is 0 Å². The van der Waals surface area contributed by atoms with E-state index < -0.39 is 11.2 Å². The first-order valence-electron chi connectivity index (χ1n) is 9.04. The van der Waals surface area contributed by atoms with Crippen LogP contribution in [0.2, 0.25) is 0 Å². The number of hydrogen-bond acceptors (Lipinski definition) is 4. The lowest BCUT2D eigenvalue weighted by Crippen LogP contribution is -2.31. The van der Waals surface area contributed by atoms with E-state index in [0.29, 0.717) is 0 Å². The molecule has 0 atom stereocenters. The van der Waals surface area contributed by atoms with E-state index in [0.717, 1.165) is 11.1 Å². The highest BCUT2D eigenvalue weighted by Crippen LogP contribution is 2.22. The highest BCUT2D eigenvalue weighted by molar-refractivity contribution is 5.97. The van der Waals surface area contributed by atoms with Crippen molar-refractivity contribution in [2.45, 2.75) is 6.04 Å². The number of nitrogens with one attached hydrogen (secondary N) is 2. The van der Waals surface area contributed by atoms with E-state index in [1.54, 1.807) is 0 Å². The van der Waals surface area contributed by atoms with Gasteiger partial charge in [-0.05, 0) is 17.2 Å². The van der Waals surface area contributed by atoms with Gasteiger partial charge >= 0.3 is 5.69 Å². The molecule has 0 aliphatic heterocycles. The van der Waals surface area contributed by atoms with Gasteiger partial charge in [-0.25, -0.2) is 9.78 Å². The Morgan fingerprint density at radius 1 is 1.00 bits per heavy atom. The van der Waals surface area contributed by atoms with Crippen LogP contribution in [0.15, 0.2) is 82.5 Å². The van der Waals surface area contributed by atoms with Crippen LogP contribution in [0.4, 0.5) is 0 Å². The summed E-state index contributed by atoms with van der Waals surface area (Å²) in [6, 6.07) is 20.3. The van der Waals surface area contributed by atoms with Gasteiger partial charge in [-0.2, -0.15) is 0 Å². The molecule has 0 fully saturated rings. The molecule has 0 aliphatic carbocycles. The van der Waals surface area contributed by atoms with Gasteiger partial charge < -0.3 is 5.32 Å². The van der Waals surface area contributed by atoms with E-state index in [1.165, 1.54) is 23.9 Å². The number of rotatable bonds is 4. The van der Waals surface area contributed by atoms with Crippen molar-refractivity contribution in [1.29, 1.82) is 0 Å². The van der Waals surface area contributed by atoms with Gasteiger partial charge in [0.1, 0.15) is 5.65 Å². The number of aryl methyl sites for hydroxylation is 1. The average molecular weight is 386 g/mol. The summed E-state index contributed by atoms with van der Waals surface area (Å²) in [5, 5.41) is 3.19. The van der Waals surface area contributed by atoms with Crippen molar-refractivity contribution >= 4 is 16.9 Å². The Bertz CT molecular complexity index is 1260. The van der Waals surface area contributed by atoms with Crippen molar-refractivity contribution in [2.75, 3.05) is 0 Å². The normalized spacial score (nSPS) is 11.0. The fraction of sp³-hybridized carbons (Fsp3) is 0.0909. The number of fused-ring (bicyclic) bond motifs is 1. The second-order valence-electron chi connectivity index (χ2n) is 6.64. The smallest absolute Gasteiger partial charge is 0.329 e. The van der Waals surface area contributed by atoms with Crippen LogP contribution in [0.1, 0.15) is 27.5 Å². The van der Waals surface area contributed by atoms with Crippen LogP contribution in [0.5, 0.6) is 0 Å². The number of benzene rings is 2. The lowest BCUT2D eigenvalue weighted by atomic mass is 9.98. The van der Waals surface area contributed by atoms with Crippen molar-refractivity contribution in [3.05, 3.63) is 110 Å². The number of aromatic nitrogens is 3. The Morgan fingerprint density at radius 3 is 2.17 bits per heavy atom. The van der Waals surface area contributed by atoms with Crippen molar-refractivity contribution in [2.24, 2.45) is 7.05 Å². The van der Waals surface area contributed by atoms with Crippen molar-refractivity contribution < 1.29 is 4.79 Å². The Labute approximate surface area is 165 Å². The highest BCUT2D eigenvalue weighted by Gasteiger charge is 2.19. The first kappa shape index (κ1) is 18.4. The maximum atomic E-state index is 13.0. The molecule has 0 unspecified atom stereocenters. The number of pyridine rings is 1. The number of nitrogens with zero attached hydrogens (tertiary/aromatic N) is 2. The summed E-state index contributed by atoms with van der Waals surface area (Å²) in [6.07, 6.45) is 1.36. The Morgan fingerprint density at radius 2 is 1.59 bits per heavy atom. The van der Waals surface area contributed by atoms with Crippen LogP contribution in [-0.4, -0.2) is 20.4 Å². The van der Waals surface area contributed by atoms with E-state index in [-0.39, 0.29) is 28.5 Å². The van der Waals surface area contributed by atoms with Crippen molar-refractivity contribution in [3.63, 3.8) is 0 Å².